The second-order valence-electron chi connectivity index (χ2n) is 6.65. The van der Waals surface area contributed by atoms with Crippen molar-refractivity contribution >= 4 is 17.3 Å². The molecular formula is C18H15N5O5. The molecule has 0 radical (unpaired) electrons. The lowest BCUT2D eigenvalue weighted by Gasteiger charge is -2.24. The van der Waals surface area contributed by atoms with Gasteiger partial charge in [-0.2, -0.15) is 5.01 Å². The van der Waals surface area contributed by atoms with Crippen LogP contribution in [0, 0.1) is 20.2 Å². The van der Waals surface area contributed by atoms with Crippen LogP contribution in [-0.4, -0.2) is 20.8 Å². The summed E-state index contributed by atoms with van der Waals surface area (Å²) in [5.41, 5.74) is 3.27. The Hall–Kier alpha value is -3.69. The Labute approximate surface area is 158 Å². The molecule has 3 aliphatic rings. The highest BCUT2D eigenvalue weighted by atomic mass is 16.6. The highest BCUT2D eigenvalue weighted by Crippen LogP contribution is 2.44. The van der Waals surface area contributed by atoms with E-state index in [9.17, 15) is 25.0 Å². The summed E-state index contributed by atoms with van der Waals surface area (Å²) in [6, 6.07) is 5.89. The van der Waals surface area contributed by atoms with E-state index in [1.807, 2.05) is 0 Å². The van der Waals surface area contributed by atoms with Gasteiger partial charge in [-0.25, -0.2) is 0 Å². The Kier molecular flexibility index (Phi) is 4.30. The molecule has 2 aliphatic carbocycles. The summed E-state index contributed by atoms with van der Waals surface area (Å²) in [5.74, 6) is -0.303. The predicted octanol–water partition coefficient (Wildman–Crippen LogP) is 4.12. The molecule has 0 bridgehead atoms. The van der Waals surface area contributed by atoms with Crippen LogP contribution in [0.5, 0.6) is 0 Å². The van der Waals surface area contributed by atoms with Gasteiger partial charge >= 0.3 is 0 Å². The molecule has 0 spiro atoms. The maximum absolute atomic E-state index is 12.5. The smallest absolute Gasteiger partial charge is 0.272 e. The van der Waals surface area contributed by atoms with Crippen LogP contribution in [0.15, 0.2) is 68.8 Å². The monoisotopic (exact) mass is 381 g/mol. The number of carbonyl (C=O) groups excluding carboxylic acids is 1. The van der Waals surface area contributed by atoms with Crippen molar-refractivity contribution in [3.63, 3.8) is 0 Å². The molecule has 1 heterocycles. The van der Waals surface area contributed by atoms with Gasteiger partial charge in [-0.1, -0.05) is 22.9 Å². The Balaban J connectivity index is 1.68. The number of nitro groups is 2. The summed E-state index contributed by atoms with van der Waals surface area (Å²) in [4.78, 5) is 33.8. The summed E-state index contributed by atoms with van der Waals surface area (Å²) in [5, 5.41) is 31.3. The van der Waals surface area contributed by atoms with Crippen LogP contribution in [0.3, 0.4) is 0 Å². The van der Waals surface area contributed by atoms with Gasteiger partial charge in [0.05, 0.1) is 22.0 Å². The summed E-state index contributed by atoms with van der Waals surface area (Å²) >= 11 is 0. The van der Waals surface area contributed by atoms with Crippen LogP contribution in [0.2, 0.25) is 0 Å². The molecule has 28 heavy (non-hydrogen) atoms. The van der Waals surface area contributed by atoms with E-state index >= 15 is 0 Å². The van der Waals surface area contributed by atoms with Crippen molar-refractivity contribution in [2.75, 3.05) is 0 Å². The van der Waals surface area contributed by atoms with Gasteiger partial charge in [-0.3, -0.25) is 25.0 Å². The van der Waals surface area contributed by atoms with Crippen LogP contribution in [0.25, 0.3) is 0 Å². The molecule has 10 heteroatoms. The molecule has 1 aliphatic heterocycles. The van der Waals surface area contributed by atoms with E-state index in [-0.39, 0.29) is 34.3 Å². The predicted molar refractivity (Wildman–Crippen MR) is 96.7 cm³/mol. The summed E-state index contributed by atoms with van der Waals surface area (Å²) in [6.07, 6.45) is 3.93. The lowest BCUT2D eigenvalue weighted by molar-refractivity contribution is -0.428. The zero-order chi connectivity index (χ0) is 19.8. The standard InChI is InChI=1S/C18H15N5O5/c24-18-10-14-13-9-12(22(25)26)7-5-11(13)6-8-16(14)21(18)20-19-15-3-1-2-4-17(15)23(27)28/h1-4,9H,5-8,10H2. The third kappa shape index (κ3) is 2.98. The van der Waals surface area contributed by atoms with Crippen molar-refractivity contribution in [3.8, 4) is 0 Å². The lowest BCUT2D eigenvalue weighted by Crippen LogP contribution is -2.19. The Morgan fingerprint density at radius 2 is 1.75 bits per heavy atom. The minimum atomic E-state index is -0.561. The van der Waals surface area contributed by atoms with Crippen LogP contribution in [0.4, 0.5) is 11.4 Å². The minimum absolute atomic E-state index is 0.0539. The number of rotatable bonds is 4. The van der Waals surface area contributed by atoms with Gasteiger partial charge in [0, 0.05) is 18.6 Å². The first-order valence-corrected chi connectivity index (χ1v) is 8.73. The summed E-state index contributed by atoms with van der Waals surface area (Å²) in [7, 11) is 0. The molecule has 10 nitrogen and oxygen atoms in total. The van der Waals surface area contributed by atoms with Crippen molar-refractivity contribution in [2.45, 2.75) is 32.1 Å². The number of para-hydroxylation sites is 1. The largest absolute Gasteiger partial charge is 0.296 e. The molecule has 0 atom stereocenters. The number of fused-ring (bicyclic) bond motifs is 1. The maximum atomic E-state index is 12.5. The molecule has 142 valence electrons. The molecule has 0 saturated heterocycles. The Morgan fingerprint density at radius 1 is 1.00 bits per heavy atom. The number of carbonyl (C=O) groups is 1. The Bertz CT molecular complexity index is 1040. The van der Waals surface area contributed by atoms with Crippen LogP contribution in [0.1, 0.15) is 32.1 Å². The molecular weight excluding hydrogens is 366 g/mol. The van der Waals surface area contributed by atoms with E-state index in [1.54, 1.807) is 12.1 Å². The van der Waals surface area contributed by atoms with E-state index in [4.69, 9.17) is 0 Å². The fraction of sp³-hybridized carbons (Fsp3) is 0.278. The van der Waals surface area contributed by atoms with Gasteiger partial charge in [-0.05, 0) is 36.5 Å². The Morgan fingerprint density at radius 3 is 2.50 bits per heavy atom. The normalized spacial score (nSPS) is 19.1. The number of hydrogen-bond acceptors (Lipinski definition) is 7. The first-order chi connectivity index (χ1) is 13.5. The SMILES string of the molecule is O=C1CC2=C(CCC3=C2C=C([N+](=O)[O-])CC3)N1N=Nc1ccccc1[N+](=O)[O-]. The highest BCUT2D eigenvalue weighted by molar-refractivity contribution is 5.86. The summed E-state index contributed by atoms with van der Waals surface area (Å²) < 4.78 is 0. The van der Waals surface area contributed by atoms with E-state index < -0.39 is 4.92 Å². The minimum Gasteiger partial charge on any atom is -0.272 e. The molecule has 1 amide bonds. The zero-order valence-electron chi connectivity index (χ0n) is 14.7. The molecule has 0 aromatic heterocycles. The number of hydrogen-bond donors (Lipinski definition) is 0. The fourth-order valence-corrected chi connectivity index (χ4v) is 3.74. The molecule has 4 rings (SSSR count). The van der Waals surface area contributed by atoms with Gasteiger partial charge in [0.2, 0.25) is 5.70 Å². The third-order valence-corrected chi connectivity index (χ3v) is 5.09. The first kappa shape index (κ1) is 17.7. The second kappa shape index (κ2) is 6.80. The molecule has 1 aromatic rings. The molecule has 0 fully saturated rings. The van der Waals surface area contributed by atoms with Crippen molar-refractivity contribution in [1.29, 1.82) is 0 Å². The molecule has 0 saturated carbocycles. The lowest BCUT2D eigenvalue weighted by atomic mass is 9.82. The van der Waals surface area contributed by atoms with Gasteiger partial charge in [-0.15, -0.1) is 5.11 Å². The number of nitrogens with zero attached hydrogens (tertiary/aromatic N) is 5. The van der Waals surface area contributed by atoms with E-state index in [2.05, 4.69) is 10.3 Å². The average molecular weight is 381 g/mol. The molecule has 0 N–H and O–H groups in total. The van der Waals surface area contributed by atoms with E-state index in [1.165, 1.54) is 23.2 Å². The number of benzene rings is 1. The quantitative estimate of drug-likeness (QED) is 0.439. The second-order valence-corrected chi connectivity index (χ2v) is 6.65. The average Bonchev–Trinajstić information content (AvgIpc) is 3.01. The topological polar surface area (TPSA) is 131 Å². The third-order valence-electron chi connectivity index (χ3n) is 5.09. The zero-order valence-corrected chi connectivity index (χ0v) is 14.7. The molecule has 1 aromatic carbocycles. The maximum Gasteiger partial charge on any atom is 0.296 e. The highest BCUT2D eigenvalue weighted by Gasteiger charge is 2.37. The van der Waals surface area contributed by atoms with Crippen LogP contribution < -0.4 is 0 Å². The number of nitro benzene ring substituents is 1. The number of amides is 1. The van der Waals surface area contributed by atoms with Gasteiger partial charge < -0.3 is 0 Å². The molecule has 0 unspecified atom stereocenters. The van der Waals surface area contributed by atoms with Crippen molar-refractivity contribution in [2.24, 2.45) is 10.3 Å². The van der Waals surface area contributed by atoms with Gasteiger partial charge in [0.15, 0.2) is 5.69 Å². The summed E-state index contributed by atoms with van der Waals surface area (Å²) in [6.45, 7) is 0. The van der Waals surface area contributed by atoms with Crippen molar-refractivity contribution < 1.29 is 14.6 Å². The van der Waals surface area contributed by atoms with E-state index in [0.29, 0.717) is 31.4 Å². The fourth-order valence-electron chi connectivity index (χ4n) is 3.74. The van der Waals surface area contributed by atoms with Crippen molar-refractivity contribution in [1.82, 2.24) is 5.01 Å². The number of allylic oxidation sites excluding steroid dienone is 5. The van der Waals surface area contributed by atoms with Crippen LogP contribution in [-0.2, 0) is 4.79 Å². The van der Waals surface area contributed by atoms with Crippen molar-refractivity contribution in [3.05, 3.63) is 78.7 Å². The van der Waals surface area contributed by atoms with E-state index in [0.717, 1.165) is 16.7 Å². The van der Waals surface area contributed by atoms with Gasteiger partial charge in [0.1, 0.15) is 0 Å². The van der Waals surface area contributed by atoms with Gasteiger partial charge in [0.25, 0.3) is 11.6 Å². The first-order valence-electron chi connectivity index (χ1n) is 8.73. The van der Waals surface area contributed by atoms with Crippen LogP contribution >= 0.6 is 0 Å².